The Hall–Kier alpha value is -4.14. The number of carbonyl (C=O) groups excluding carboxylic acids is 1. The monoisotopic (exact) mass is 455 g/mol. The number of ether oxygens (including phenoxy) is 1. The maximum atomic E-state index is 13.5. The Kier molecular flexibility index (Phi) is 6.39. The van der Waals surface area contributed by atoms with Crippen molar-refractivity contribution in [1.82, 2.24) is 9.78 Å². The lowest BCUT2D eigenvalue weighted by molar-refractivity contribution is 0.102. The van der Waals surface area contributed by atoms with Crippen LogP contribution in [0.3, 0.4) is 0 Å². The molecule has 0 atom stereocenters. The Labute approximate surface area is 186 Å². The van der Waals surface area contributed by atoms with Gasteiger partial charge in [0, 0.05) is 18.0 Å². The highest BCUT2D eigenvalue weighted by molar-refractivity contribution is 6.05. The van der Waals surface area contributed by atoms with E-state index in [-0.39, 0.29) is 30.3 Å². The first-order chi connectivity index (χ1) is 15.9. The van der Waals surface area contributed by atoms with Gasteiger partial charge in [-0.25, -0.2) is 17.6 Å². The number of nitrogens with one attached hydrogen (secondary N) is 1. The lowest BCUT2D eigenvalue weighted by atomic mass is 10.2. The van der Waals surface area contributed by atoms with E-state index in [0.29, 0.717) is 11.1 Å². The van der Waals surface area contributed by atoms with Gasteiger partial charge >= 0.3 is 0 Å². The predicted octanol–water partition coefficient (Wildman–Crippen LogP) is 5.32. The second kappa shape index (κ2) is 9.56. The highest BCUT2D eigenvalue weighted by atomic mass is 19.2. The summed E-state index contributed by atoms with van der Waals surface area (Å²) in [6, 6.07) is 14.6. The van der Waals surface area contributed by atoms with Gasteiger partial charge < -0.3 is 10.1 Å². The van der Waals surface area contributed by atoms with E-state index >= 15 is 0 Å². The van der Waals surface area contributed by atoms with Crippen molar-refractivity contribution in [1.29, 1.82) is 0 Å². The highest BCUT2D eigenvalue weighted by Gasteiger charge is 2.19. The Morgan fingerprint density at radius 2 is 1.58 bits per heavy atom. The van der Waals surface area contributed by atoms with Gasteiger partial charge in [-0.1, -0.05) is 24.3 Å². The van der Waals surface area contributed by atoms with Gasteiger partial charge in [-0.05, 0) is 47.5 Å². The number of rotatable bonds is 7. The van der Waals surface area contributed by atoms with Gasteiger partial charge in [-0.2, -0.15) is 0 Å². The maximum absolute atomic E-state index is 13.5. The fraction of sp³-hybridized carbons (Fsp3) is 0.0833. The molecule has 33 heavy (non-hydrogen) atoms. The zero-order valence-electron chi connectivity index (χ0n) is 17.1. The van der Waals surface area contributed by atoms with Gasteiger partial charge in [0.15, 0.2) is 11.6 Å². The summed E-state index contributed by atoms with van der Waals surface area (Å²) in [6.07, 6.45) is 1.39. The molecular formula is C24H17F4N3O2. The molecule has 1 N–H and O–H groups in total. The zero-order valence-corrected chi connectivity index (χ0v) is 17.1. The van der Waals surface area contributed by atoms with Gasteiger partial charge in [-0.3, -0.25) is 9.48 Å². The first-order valence-electron chi connectivity index (χ1n) is 9.83. The van der Waals surface area contributed by atoms with E-state index in [0.717, 1.165) is 12.1 Å². The van der Waals surface area contributed by atoms with Crippen molar-refractivity contribution in [2.45, 2.75) is 13.2 Å². The van der Waals surface area contributed by atoms with E-state index in [1.165, 1.54) is 47.3 Å². The van der Waals surface area contributed by atoms with E-state index in [2.05, 4.69) is 10.4 Å². The number of anilines is 1. The van der Waals surface area contributed by atoms with Crippen LogP contribution in [-0.4, -0.2) is 15.7 Å². The standard InChI is InChI=1S/C24H17F4N3O2/c25-17-5-1-3-15(9-17)12-31-13-20(23(32)29-19-7-8-21(27)22(28)11-19)24(30-31)33-14-16-4-2-6-18(26)10-16/h1-11,13H,12,14H2,(H,29,32). The molecule has 0 aliphatic heterocycles. The van der Waals surface area contributed by atoms with Crippen LogP contribution >= 0.6 is 0 Å². The Morgan fingerprint density at radius 1 is 0.879 bits per heavy atom. The Balaban J connectivity index is 1.59. The number of amides is 1. The van der Waals surface area contributed by atoms with Crippen molar-refractivity contribution < 1.29 is 27.1 Å². The van der Waals surface area contributed by atoms with Gasteiger partial charge in [0.25, 0.3) is 5.91 Å². The summed E-state index contributed by atoms with van der Waals surface area (Å²) in [5.74, 6) is -3.76. The quantitative estimate of drug-likeness (QED) is 0.384. The molecule has 0 aliphatic carbocycles. The number of hydrogen-bond donors (Lipinski definition) is 1. The molecule has 0 fully saturated rings. The van der Waals surface area contributed by atoms with Crippen LogP contribution in [-0.2, 0) is 13.2 Å². The number of carbonyl (C=O) groups is 1. The molecule has 0 saturated heterocycles. The SMILES string of the molecule is O=C(Nc1ccc(F)c(F)c1)c1cn(Cc2cccc(F)c2)nc1OCc1cccc(F)c1. The number of halogens is 4. The summed E-state index contributed by atoms with van der Waals surface area (Å²) in [4.78, 5) is 12.8. The van der Waals surface area contributed by atoms with Crippen molar-refractivity contribution in [3.63, 3.8) is 0 Å². The lowest BCUT2D eigenvalue weighted by Crippen LogP contribution is -2.13. The summed E-state index contributed by atoms with van der Waals surface area (Å²) in [6.45, 7) is 0.0761. The molecule has 4 rings (SSSR count). The van der Waals surface area contributed by atoms with Gasteiger partial charge in [-0.15, -0.1) is 5.10 Å². The third-order valence-corrected chi connectivity index (χ3v) is 4.65. The third-order valence-electron chi connectivity index (χ3n) is 4.65. The fourth-order valence-electron chi connectivity index (χ4n) is 3.12. The first kappa shape index (κ1) is 22.1. The number of benzene rings is 3. The molecule has 4 aromatic rings. The van der Waals surface area contributed by atoms with E-state index in [4.69, 9.17) is 4.74 Å². The molecule has 0 radical (unpaired) electrons. The minimum atomic E-state index is -1.11. The molecule has 0 bridgehead atoms. The summed E-state index contributed by atoms with van der Waals surface area (Å²) >= 11 is 0. The van der Waals surface area contributed by atoms with Crippen LogP contribution in [0.25, 0.3) is 0 Å². The van der Waals surface area contributed by atoms with Gasteiger partial charge in [0.2, 0.25) is 5.88 Å². The third kappa shape index (κ3) is 5.57. The van der Waals surface area contributed by atoms with Crippen molar-refractivity contribution in [3.05, 3.63) is 113 Å². The van der Waals surface area contributed by atoms with E-state index in [1.54, 1.807) is 18.2 Å². The largest absolute Gasteiger partial charge is 0.471 e. The molecule has 0 saturated carbocycles. The Morgan fingerprint density at radius 3 is 2.27 bits per heavy atom. The summed E-state index contributed by atoms with van der Waals surface area (Å²) in [7, 11) is 0. The average molecular weight is 455 g/mol. The first-order valence-corrected chi connectivity index (χ1v) is 9.83. The highest BCUT2D eigenvalue weighted by Crippen LogP contribution is 2.22. The van der Waals surface area contributed by atoms with Crippen molar-refractivity contribution in [3.8, 4) is 5.88 Å². The summed E-state index contributed by atoms with van der Waals surface area (Å²) < 4.78 is 60.7. The molecule has 0 aliphatic rings. The minimum Gasteiger partial charge on any atom is -0.471 e. The zero-order chi connectivity index (χ0) is 23.4. The molecule has 0 unspecified atom stereocenters. The van der Waals surface area contributed by atoms with E-state index in [1.807, 2.05) is 0 Å². The fourth-order valence-corrected chi connectivity index (χ4v) is 3.12. The minimum absolute atomic E-state index is 0.00698. The molecule has 1 heterocycles. The molecule has 1 amide bonds. The van der Waals surface area contributed by atoms with Crippen molar-refractivity contribution in [2.75, 3.05) is 5.32 Å². The molecule has 0 spiro atoms. The van der Waals surface area contributed by atoms with Gasteiger partial charge in [0.1, 0.15) is 23.8 Å². The molecule has 9 heteroatoms. The smallest absolute Gasteiger partial charge is 0.262 e. The second-order valence-corrected chi connectivity index (χ2v) is 7.18. The average Bonchev–Trinajstić information content (AvgIpc) is 3.18. The van der Waals surface area contributed by atoms with Crippen LogP contribution in [0.5, 0.6) is 5.88 Å². The Bertz CT molecular complexity index is 1310. The summed E-state index contributed by atoms with van der Waals surface area (Å²) in [5, 5.41) is 6.71. The molecule has 5 nitrogen and oxygen atoms in total. The topological polar surface area (TPSA) is 56.2 Å². The lowest BCUT2D eigenvalue weighted by Gasteiger charge is -2.07. The number of hydrogen-bond acceptors (Lipinski definition) is 3. The van der Waals surface area contributed by atoms with E-state index < -0.39 is 29.2 Å². The molecule has 168 valence electrons. The molecule has 1 aromatic heterocycles. The van der Waals surface area contributed by atoms with Crippen LogP contribution in [0, 0.1) is 23.3 Å². The van der Waals surface area contributed by atoms with Crippen molar-refractivity contribution in [2.24, 2.45) is 0 Å². The normalized spacial score (nSPS) is 10.8. The van der Waals surface area contributed by atoms with Crippen LogP contribution in [0.15, 0.2) is 72.9 Å². The van der Waals surface area contributed by atoms with Crippen LogP contribution in [0.4, 0.5) is 23.2 Å². The number of aromatic nitrogens is 2. The second-order valence-electron chi connectivity index (χ2n) is 7.18. The molecule has 3 aromatic carbocycles. The van der Waals surface area contributed by atoms with Gasteiger partial charge in [0.05, 0.1) is 6.54 Å². The number of nitrogens with zero attached hydrogens (tertiary/aromatic N) is 2. The van der Waals surface area contributed by atoms with Crippen molar-refractivity contribution >= 4 is 11.6 Å². The van der Waals surface area contributed by atoms with E-state index in [9.17, 15) is 22.4 Å². The predicted molar refractivity (Wildman–Crippen MR) is 113 cm³/mol. The maximum Gasteiger partial charge on any atom is 0.262 e. The van der Waals surface area contributed by atoms with Crippen LogP contribution in [0.2, 0.25) is 0 Å². The van der Waals surface area contributed by atoms with Crippen LogP contribution in [0.1, 0.15) is 21.5 Å². The summed E-state index contributed by atoms with van der Waals surface area (Å²) in [5.41, 5.74) is 1.16. The van der Waals surface area contributed by atoms with Crippen LogP contribution < -0.4 is 10.1 Å². The molecular weight excluding hydrogens is 438 g/mol.